The number of carboxylic acid groups (broad SMARTS) is 1. The average molecular weight is 601 g/mol. The predicted octanol–water partition coefficient (Wildman–Crippen LogP) is 4.48. The second kappa shape index (κ2) is 11.5. The number of aliphatic carboxylic acids is 1. The maximum Gasteiger partial charge on any atom is 0.334 e. The second-order valence-electron chi connectivity index (χ2n) is 13.9. The lowest BCUT2D eigenvalue weighted by Crippen LogP contribution is -2.64. The topological polar surface area (TPSA) is 129 Å². The van der Waals surface area contributed by atoms with Crippen molar-refractivity contribution < 1.29 is 43.5 Å². The number of aliphatic hydroxyl groups excluding tert-OH is 1. The minimum absolute atomic E-state index is 0.00476. The molecular weight excluding hydrogens is 552 g/mol. The number of esters is 1. The number of fused-ring (bicyclic) bond motifs is 2. The average Bonchev–Trinajstić information content (AvgIpc) is 3.54. The van der Waals surface area contributed by atoms with E-state index in [-0.39, 0.29) is 30.3 Å². The fourth-order valence-electron chi connectivity index (χ4n) is 9.98. The van der Waals surface area contributed by atoms with Crippen LogP contribution in [-0.2, 0) is 33.3 Å². The molecule has 4 aliphatic carbocycles. The van der Waals surface area contributed by atoms with Gasteiger partial charge in [0.25, 0.3) is 0 Å². The molecule has 12 atom stereocenters. The van der Waals surface area contributed by atoms with Crippen molar-refractivity contribution in [3.8, 4) is 0 Å². The zero-order valence-electron chi connectivity index (χ0n) is 26.4. The van der Waals surface area contributed by atoms with Crippen molar-refractivity contribution >= 4 is 18.2 Å². The smallest absolute Gasteiger partial charge is 0.334 e. The molecule has 5 rings (SSSR count). The number of carbonyl (C=O) groups excluding carboxylic acids is 2. The van der Waals surface area contributed by atoms with Crippen molar-refractivity contribution in [2.75, 3.05) is 13.7 Å². The van der Waals surface area contributed by atoms with Crippen LogP contribution in [0.1, 0.15) is 67.2 Å². The molecule has 1 saturated heterocycles. The molecule has 4 bridgehead atoms. The number of aldehydes is 1. The summed E-state index contributed by atoms with van der Waals surface area (Å²) < 4.78 is 23.9. The molecule has 1 aliphatic heterocycles. The highest BCUT2D eigenvalue weighted by atomic mass is 16.7. The lowest BCUT2D eigenvalue weighted by atomic mass is 9.43. The standard InChI is InChI=1S/C34H48O9/c1-8-9-10-20(5)29(37)43-28-26(36)30(42-21(6)27(28)40-7)41-17-33-15-23-19(4)11-12-24(23)32(16-35)14-22(33)13-25(18(2)3)34(32,33)31(38)39/h8-10,13,16,18-19,21-24,26-28,30,36H,11-12,14-15,17H2,1-7H3,(H,38,39)/b9-8+,20-10-/t19-,21-,22-,23?,24-,26+,27-,28+,30-,32-,33+,34+/m1/s1. The Morgan fingerprint density at radius 3 is 2.51 bits per heavy atom. The van der Waals surface area contributed by atoms with Gasteiger partial charge in [-0.2, -0.15) is 0 Å². The van der Waals surface area contributed by atoms with Crippen LogP contribution in [0.15, 0.2) is 35.5 Å². The minimum atomic E-state index is -1.40. The molecule has 3 saturated carbocycles. The highest BCUT2D eigenvalue weighted by Crippen LogP contribution is 2.82. The van der Waals surface area contributed by atoms with Gasteiger partial charge in [0.1, 0.15) is 23.9 Å². The van der Waals surface area contributed by atoms with Crippen LogP contribution in [0, 0.1) is 45.8 Å². The molecule has 0 aromatic rings. The van der Waals surface area contributed by atoms with E-state index >= 15 is 0 Å². The SMILES string of the molecule is C/C=C/C=C(/C)C(=O)O[C@H]1[C@H](O)[C@H](OC[C@@]23CC4[C@H](C)CC[C@H]4[C@]4(C=O)C[C@H]2C=C(C(C)C)[C@@]34C(=O)O)O[C@H](C)[C@H]1OC. The van der Waals surface area contributed by atoms with Crippen molar-refractivity contribution in [1.82, 2.24) is 0 Å². The van der Waals surface area contributed by atoms with E-state index in [4.69, 9.17) is 18.9 Å². The molecule has 9 heteroatoms. The number of aliphatic hydroxyl groups is 1. The number of allylic oxidation sites excluding steroid dienone is 4. The Labute approximate surface area is 254 Å². The van der Waals surface area contributed by atoms with Crippen LogP contribution in [0.2, 0.25) is 0 Å². The molecule has 9 nitrogen and oxygen atoms in total. The summed E-state index contributed by atoms with van der Waals surface area (Å²) in [5, 5.41) is 22.7. The Morgan fingerprint density at radius 1 is 1.19 bits per heavy atom. The highest BCUT2D eigenvalue weighted by molar-refractivity contribution is 5.90. The second-order valence-corrected chi connectivity index (χ2v) is 13.9. The maximum absolute atomic E-state index is 13.7. The van der Waals surface area contributed by atoms with Gasteiger partial charge in [0.2, 0.25) is 0 Å². The Balaban J connectivity index is 1.49. The Bertz CT molecular complexity index is 1220. The van der Waals surface area contributed by atoms with Gasteiger partial charge in [0.15, 0.2) is 12.4 Å². The van der Waals surface area contributed by atoms with E-state index in [1.54, 1.807) is 32.1 Å². The normalized spacial score (nSPS) is 45.4. The molecule has 0 spiro atoms. The van der Waals surface area contributed by atoms with E-state index in [9.17, 15) is 24.6 Å². The van der Waals surface area contributed by atoms with E-state index in [0.717, 1.165) is 24.7 Å². The molecule has 0 aromatic heterocycles. The van der Waals surface area contributed by atoms with Crippen LogP contribution in [0.3, 0.4) is 0 Å². The van der Waals surface area contributed by atoms with Gasteiger partial charge in [-0.05, 0) is 69.6 Å². The Morgan fingerprint density at radius 2 is 1.91 bits per heavy atom. The zero-order valence-corrected chi connectivity index (χ0v) is 26.4. The fourth-order valence-corrected chi connectivity index (χ4v) is 9.98. The number of ether oxygens (including phenoxy) is 4. The van der Waals surface area contributed by atoms with Crippen molar-refractivity contribution in [3.63, 3.8) is 0 Å². The van der Waals surface area contributed by atoms with Crippen molar-refractivity contribution in [3.05, 3.63) is 35.5 Å². The molecule has 0 radical (unpaired) electrons. The van der Waals surface area contributed by atoms with Gasteiger partial charge in [-0.15, -0.1) is 0 Å². The van der Waals surface area contributed by atoms with Crippen LogP contribution in [0.4, 0.5) is 0 Å². The minimum Gasteiger partial charge on any atom is -0.481 e. The van der Waals surface area contributed by atoms with Gasteiger partial charge in [-0.1, -0.05) is 57.1 Å². The van der Waals surface area contributed by atoms with E-state index in [0.29, 0.717) is 24.3 Å². The summed E-state index contributed by atoms with van der Waals surface area (Å²) in [6, 6.07) is 0. The first-order valence-electron chi connectivity index (χ1n) is 15.8. The van der Waals surface area contributed by atoms with Crippen LogP contribution < -0.4 is 0 Å². The molecule has 43 heavy (non-hydrogen) atoms. The third-order valence-corrected chi connectivity index (χ3v) is 11.8. The van der Waals surface area contributed by atoms with Gasteiger partial charge in [-0.3, -0.25) is 4.79 Å². The molecule has 4 fully saturated rings. The van der Waals surface area contributed by atoms with Crippen LogP contribution >= 0.6 is 0 Å². The van der Waals surface area contributed by atoms with Crippen LogP contribution in [0.25, 0.3) is 0 Å². The number of carbonyl (C=O) groups is 3. The number of hydrogen-bond donors (Lipinski definition) is 2. The summed E-state index contributed by atoms with van der Waals surface area (Å²) in [6.45, 7) is 11.4. The Kier molecular flexibility index (Phi) is 8.61. The third-order valence-electron chi connectivity index (χ3n) is 11.8. The molecule has 238 valence electrons. The Hall–Kier alpha value is -2.33. The van der Waals surface area contributed by atoms with Crippen molar-refractivity contribution in [1.29, 1.82) is 0 Å². The molecule has 0 aromatic carbocycles. The van der Waals surface area contributed by atoms with Crippen LogP contribution in [-0.4, -0.2) is 72.9 Å². The molecular formula is C34H48O9. The molecule has 1 heterocycles. The summed E-state index contributed by atoms with van der Waals surface area (Å²) in [7, 11) is 1.47. The van der Waals surface area contributed by atoms with Crippen molar-refractivity contribution in [2.24, 2.45) is 45.8 Å². The van der Waals surface area contributed by atoms with Crippen molar-refractivity contribution in [2.45, 2.75) is 97.9 Å². The van der Waals surface area contributed by atoms with E-state index in [1.165, 1.54) is 7.11 Å². The molecule has 1 unspecified atom stereocenters. The fraction of sp³-hybridized carbons (Fsp3) is 0.735. The number of rotatable bonds is 10. The van der Waals surface area contributed by atoms with Gasteiger partial charge in [0.05, 0.1) is 18.1 Å². The third kappa shape index (κ3) is 4.36. The maximum atomic E-state index is 13.7. The number of carboxylic acids is 1. The van der Waals surface area contributed by atoms with Gasteiger partial charge in [-0.25, -0.2) is 4.79 Å². The molecule has 2 N–H and O–H groups in total. The van der Waals surface area contributed by atoms with Gasteiger partial charge < -0.3 is 34.0 Å². The quantitative estimate of drug-likeness (QED) is 0.123. The summed E-state index contributed by atoms with van der Waals surface area (Å²) in [5.41, 5.74) is -2.10. The summed E-state index contributed by atoms with van der Waals surface area (Å²) in [6.07, 6.45) is 6.21. The highest BCUT2D eigenvalue weighted by Gasteiger charge is 2.84. The van der Waals surface area contributed by atoms with E-state index < -0.39 is 58.9 Å². The van der Waals surface area contributed by atoms with Crippen LogP contribution in [0.5, 0.6) is 0 Å². The van der Waals surface area contributed by atoms with Gasteiger partial charge >= 0.3 is 11.9 Å². The number of methoxy groups -OCH3 is 1. The molecule has 5 aliphatic rings. The van der Waals surface area contributed by atoms with Gasteiger partial charge in [0, 0.05) is 18.1 Å². The van der Waals surface area contributed by atoms with E-state index in [1.807, 2.05) is 20.8 Å². The largest absolute Gasteiger partial charge is 0.481 e. The monoisotopic (exact) mass is 600 g/mol. The number of hydrogen-bond acceptors (Lipinski definition) is 8. The van der Waals surface area contributed by atoms with E-state index in [2.05, 4.69) is 13.0 Å². The first-order chi connectivity index (χ1) is 20.4. The first kappa shape index (κ1) is 32.1. The summed E-state index contributed by atoms with van der Waals surface area (Å²) >= 11 is 0. The summed E-state index contributed by atoms with van der Waals surface area (Å²) in [5.74, 6) is -1.17. The zero-order chi connectivity index (χ0) is 31.5. The molecule has 0 amide bonds. The predicted molar refractivity (Wildman–Crippen MR) is 158 cm³/mol. The lowest BCUT2D eigenvalue weighted by molar-refractivity contribution is -0.308. The summed E-state index contributed by atoms with van der Waals surface area (Å²) in [4.78, 5) is 39.8. The lowest BCUT2D eigenvalue weighted by Gasteiger charge is -2.58. The first-order valence-corrected chi connectivity index (χ1v) is 15.8.